The van der Waals surface area contributed by atoms with Crippen LogP contribution in [0, 0.1) is 6.92 Å². The molecule has 2 aromatic rings. The number of anilines is 1. The Morgan fingerprint density at radius 2 is 1.74 bits per heavy atom. The Balaban J connectivity index is 1.92. The fourth-order valence-electron chi connectivity index (χ4n) is 2.39. The molecule has 1 N–H and O–H groups in total. The SMILES string of the molecule is Cc1ccc(Cl)cc1NC(=O)[C@@H](C)OC(=O)/C=C/c1ccc(C(C)C)cc1. The van der Waals surface area contributed by atoms with Crippen LogP contribution in [0.4, 0.5) is 5.69 Å². The molecular formula is C22H24ClNO3. The first-order chi connectivity index (χ1) is 12.8. The van der Waals surface area contributed by atoms with Gasteiger partial charge in [-0.15, -0.1) is 0 Å². The minimum atomic E-state index is -0.927. The second kappa shape index (κ2) is 9.38. The number of hydrogen-bond donors (Lipinski definition) is 1. The maximum atomic E-state index is 12.2. The number of aryl methyl sites for hydroxylation is 1. The molecule has 0 saturated carbocycles. The third-order valence-electron chi connectivity index (χ3n) is 4.13. The molecule has 0 saturated heterocycles. The quantitative estimate of drug-likeness (QED) is 0.538. The number of ether oxygens (including phenoxy) is 1. The molecule has 5 heteroatoms. The van der Waals surface area contributed by atoms with Gasteiger partial charge in [0.05, 0.1) is 0 Å². The number of carbonyl (C=O) groups excluding carboxylic acids is 2. The minimum absolute atomic E-state index is 0.414. The summed E-state index contributed by atoms with van der Waals surface area (Å²) in [6, 6.07) is 13.1. The number of carbonyl (C=O) groups is 2. The Hall–Kier alpha value is -2.59. The molecule has 0 unspecified atom stereocenters. The molecule has 1 amide bonds. The number of amides is 1. The average molecular weight is 386 g/mol. The van der Waals surface area contributed by atoms with Crippen LogP contribution >= 0.6 is 11.6 Å². The van der Waals surface area contributed by atoms with Gasteiger partial charge in [-0.05, 0) is 54.7 Å². The summed E-state index contributed by atoms with van der Waals surface area (Å²) in [6.07, 6.45) is 2.06. The van der Waals surface area contributed by atoms with E-state index in [0.717, 1.165) is 11.1 Å². The summed E-state index contributed by atoms with van der Waals surface area (Å²) in [5.41, 5.74) is 3.59. The standard InChI is InChI=1S/C22H24ClNO3/c1-14(2)18-9-6-17(7-10-18)8-12-21(25)27-16(4)22(26)24-20-13-19(23)11-5-15(20)3/h5-14,16H,1-4H3,(H,24,26)/b12-8+/t16-/m1/s1. The molecule has 0 spiro atoms. The van der Waals surface area contributed by atoms with Crippen LogP contribution in [0.5, 0.6) is 0 Å². The molecule has 0 heterocycles. The fraction of sp³-hybridized carbons (Fsp3) is 0.273. The van der Waals surface area contributed by atoms with Crippen molar-refractivity contribution in [1.29, 1.82) is 0 Å². The van der Waals surface area contributed by atoms with Gasteiger partial charge in [0.15, 0.2) is 6.10 Å². The lowest BCUT2D eigenvalue weighted by atomic mass is 10.0. The second-order valence-corrected chi connectivity index (χ2v) is 7.12. The first-order valence-corrected chi connectivity index (χ1v) is 9.19. The Kier molecular flexibility index (Phi) is 7.19. The predicted octanol–water partition coefficient (Wildman–Crippen LogP) is 5.36. The Morgan fingerprint density at radius 3 is 2.37 bits per heavy atom. The van der Waals surface area contributed by atoms with Crippen molar-refractivity contribution in [3.8, 4) is 0 Å². The van der Waals surface area contributed by atoms with Gasteiger partial charge < -0.3 is 10.1 Å². The molecular weight excluding hydrogens is 362 g/mol. The lowest BCUT2D eigenvalue weighted by molar-refractivity contribution is -0.148. The van der Waals surface area contributed by atoms with Crippen LogP contribution in [0.25, 0.3) is 6.08 Å². The van der Waals surface area contributed by atoms with E-state index in [4.69, 9.17) is 16.3 Å². The maximum Gasteiger partial charge on any atom is 0.331 e. The summed E-state index contributed by atoms with van der Waals surface area (Å²) in [5, 5.41) is 3.24. The van der Waals surface area contributed by atoms with Crippen molar-refractivity contribution in [2.45, 2.75) is 39.7 Å². The predicted molar refractivity (Wildman–Crippen MR) is 110 cm³/mol. The van der Waals surface area contributed by atoms with Crippen molar-refractivity contribution in [1.82, 2.24) is 0 Å². The first-order valence-electron chi connectivity index (χ1n) is 8.82. The molecule has 142 valence electrons. The number of rotatable bonds is 6. The van der Waals surface area contributed by atoms with Crippen LogP contribution in [-0.2, 0) is 14.3 Å². The highest BCUT2D eigenvalue weighted by Gasteiger charge is 2.17. The van der Waals surface area contributed by atoms with E-state index in [1.54, 1.807) is 18.2 Å². The topological polar surface area (TPSA) is 55.4 Å². The highest BCUT2D eigenvalue weighted by Crippen LogP contribution is 2.20. The Labute approximate surface area is 165 Å². The van der Waals surface area contributed by atoms with Crippen molar-refractivity contribution < 1.29 is 14.3 Å². The van der Waals surface area contributed by atoms with Crippen molar-refractivity contribution in [3.63, 3.8) is 0 Å². The van der Waals surface area contributed by atoms with E-state index in [1.165, 1.54) is 18.6 Å². The van der Waals surface area contributed by atoms with E-state index in [9.17, 15) is 9.59 Å². The van der Waals surface area contributed by atoms with Gasteiger partial charge in [0.1, 0.15) is 0 Å². The summed E-state index contributed by atoms with van der Waals surface area (Å²) in [7, 11) is 0. The molecule has 2 aromatic carbocycles. The van der Waals surface area contributed by atoms with E-state index in [1.807, 2.05) is 37.3 Å². The molecule has 0 aliphatic rings. The van der Waals surface area contributed by atoms with Crippen LogP contribution in [0.15, 0.2) is 48.5 Å². The van der Waals surface area contributed by atoms with E-state index < -0.39 is 18.0 Å². The van der Waals surface area contributed by atoms with Gasteiger partial charge in [-0.25, -0.2) is 4.79 Å². The van der Waals surface area contributed by atoms with Crippen molar-refractivity contribution in [2.24, 2.45) is 0 Å². The number of benzene rings is 2. The molecule has 0 aromatic heterocycles. The zero-order valence-corrected chi connectivity index (χ0v) is 16.7. The molecule has 0 fully saturated rings. The lowest BCUT2D eigenvalue weighted by Gasteiger charge is -2.14. The van der Waals surface area contributed by atoms with Crippen LogP contribution in [-0.4, -0.2) is 18.0 Å². The van der Waals surface area contributed by atoms with Crippen LogP contribution in [0.2, 0.25) is 5.02 Å². The minimum Gasteiger partial charge on any atom is -0.449 e. The third-order valence-corrected chi connectivity index (χ3v) is 4.37. The van der Waals surface area contributed by atoms with Crippen molar-refractivity contribution in [2.75, 3.05) is 5.32 Å². The monoisotopic (exact) mass is 385 g/mol. The molecule has 0 aliphatic carbocycles. The van der Waals surface area contributed by atoms with Gasteiger partial charge in [0.2, 0.25) is 0 Å². The van der Waals surface area contributed by atoms with Gasteiger partial charge in [-0.2, -0.15) is 0 Å². The Bertz CT molecular complexity index is 841. The van der Waals surface area contributed by atoms with E-state index in [0.29, 0.717) is 16.6 Å². The van der Waals surface area contributed by atoms with Gasteiger partial charge in [0, 0.05) is 16.8 Å². The van der Waals surface area contributed by atoms with Crippen LogP contribution < -0.4 is 5.32 Å². The van der Waals surface area contributed by atoms with Crippen LogP contribution in [0.3, 0.4) is 0 Å². The molecule has 0 aliphatic heterocycles. The number of nitrogens with one attached hydrogen (secondary N) is 1. The summed E-state index contributed by atoms with van der Waals surface area (Å²) in [5.74, 6) is -0.535. The molecule has 0 bridgehead atoms. The average Bonchev–Trinajstić information content (AvgIpc) is 2.63. The largest absolute Gasteiger partial charge is 0.449 e. The normalized spacial score (nSPS) is 12.2. The molecule has 2 rings (SSSR count). The van der Waals surface area contributed by atoms with Gasteiger partial charge in [-0.3, -0.25) is 4.79 Å². The van der Waals surface area contributed by atoms with Crippen molar-refractivity contribution in [3.05, 3.63) is 70.3 Å². The number of halogens is 1. The molecule has 1 atom stereocenters. The van der Waals surface area contributed by atoms with Crippen molar-refractivity contribution >= 4 is 35.2 Å². The molecule has 4 nitrogen and oxygen atoms in total. The highest BCUT2D eigenvalue weighted by atomic mass is 35.5. The summed E-state index contributed by atoms with van der Waals surface area (Å²) < 4.78 is 5.17. The second-order valence-electron chi connectivity index (χ2n) is 6.68. The molecule has 0 radical (unpaired) electrons. The smallest absolute Gasteiger partial charge is 0.331 e. The van der Waals surface area contributed by atoms with Gasteiger partial charge >= 0.3 is 5.97 Å². The van der Waals surface area contributed by atoms with E-state index in [2.05, 4.69) is 19.2 Å². The molecule has 27 heavy (non-hydrogen) atoms. The van der Waals surface area contributed by atoms with Gasteiger partial charge in [-0.1, -0.05) is 55.8 Å². The Morgan fingerprint density at radius 1 is 1.07 bits per heavy atom. The summed E-state index contributed by atoms with van der Waals surface area (Å²) >= 11 is 5.94. The third kappa shape index (κ3) is 6.26. The van der Waals surface area contributed by atoms with Crippen LogP contribution in [0.1, 0.15) is 43.4 Å². The zero-order valence-electron chi connectivity index (χ0n) is 16.0. The summed E-state index contributed by atoms with van der Waals surface area (Å²) in [6.45, 7) is 7.63. The van der Waals surface area contributed by atoms with E-state index in [-0.39, 0.29) is 0 Å². The lowest BCUT2D eigenvalue weighted by Crippen LogP contribution is -2.29. The number of esters is 1. The zero-order chi connectivity index (χ0) is 20.0. The highest BCUT2D eigenvalue weighted by molar-refractivity contribution is 6.31. The van der Waals surface area contributed by atoms with E-state index >= 15 is 0 Å². The van der Waals surface area contributed by atoms with Gasteiger partial charge in [0.25, 0.3) is 5.91 Å². The first kappa shape index (κ1) is 20.7. The maximum absolute atomic E-state index is 12.2. The summed E-state index contributed by atoms with van der Waals surface area (Å²) in [4.78, 5) is 24.2. The number of hydrogen-bond acceptors (Lipinski definition) is 3. The fourth-order valence-corrected chi connectivity index (χ4v) is 2.56.